The standard InChI is InChI=1S/C19H12Br2N2/c20-14-11-15-18(16(17(14)21)12-7-3-1-4-8-12)23-19(22-15)13-9-5-2-6-10-13/h1-11H,(H,22,23). The summed E-state index contributed by atoms with van der Waals surface area (Å²) >= 11 is 7.34. The average Bonchev–Trinajstić information content (AvgIpc) is 3.01. The van der Waals surface area contributed by atoms with Crippen molar-refractivity contribution < 1.29 is 0 Å². The Labute approximate surface area is 150 Å². The van der Waals surface area contributed by atoms with E-state index in [0.717, 1.165) is 42.5 Å². The molecule has 0 atom stereocenters. The van der Waals surface area contributed by atoms with Gasteiger partial charge in [0.25, 0.3) is 0 Å². The van der Waals surface area contributed by atoms with Gasteiger partial charge in [-0.2, -0.15) is 0 Å². The highest BCUT2D eigenvalue weighted by Gasteiger charge is 2.16. The molecule has 0 amide bonds. The molecule has 0 aliphatic carbocycles. The molecular formula is C19H12Br2N2. The summed E-state index contributed by atoms with van der Waals surface area (Å²) in [6.45, 7) is 0. The van der Waals surface area contributed by atoms with E-state index in [-0.39, 0.29) is 0 Å². The Bertz CT molecular complexity index is 977. The molecule has 23 heavy (non-hydrogen) atoms. The van der Waals surface area contributed by atoms with E-state index >= 15 is 0 Å². The Morgan fingerprint density at radius 3 is 2.04 bits per heavy atom. The van der Waals surface area contributed by atoms with Gasteiger partial charge in [0.1, 0.15) is 5.82 Å². The summed E-state index contributed by atoms with van der Waals surface area (Å²) in [4.78, 5) is 8.28. The number of fused-ring (bicyclic) bond motifs is 1. The fraction of sp³-hybridized carbons (Fsp3) is 0. The van der Waals surface area contributed by atoms with E-state index in [0.29, 0.717) is 0 Å². The van der Waals surface area contributed by atoms with E-state index in [1.54, 1.807) is 0 Å². The molecule has 0 aliphatic rings. The van der Waals surface area contributed by atoms with Crippen LogP contribution in [0.3, 0.4) is 0 Å². The fourth-order valence-electron chi connectivity index (χ4n) is 2.70. The van der Waals surface area contributed by atoms with Crippen LogP contribution in [0.4, 0.5) is 0 Å². The minimum Gasteiger partial charge on any atom is -0.338 e. The summed E-state index contributed by atoms with van der Waals surface area (Å²) in [6.07, 6.45) is 0. The molecule has 0 bridgehead atoms. The minimum atomic E-state index is 0.878. The smallest absolute Gasteiger partial charge is 0.138 e. The van der Waals surface area contributed by atoms with Gasteiger partial charge < -0.3 is 4.98 Å². The molecule has 1 aromatic heterocycles. The lowest BCUT2D eigenvalue weighted by atomic mass is 10.0. The van der Waals surface area contributed by atoms with E-state index < -0.39 is 0 Å². The maximum atomic E-state index is 4.85. The van der Waals surface area contributed by atoms with Crippen molar-refractivity contribution in [1.29, 1.82) is 0 Å². The highest BCUT2D eigenvalue weighted by molar-refractivity contribution is 9.13. The van der Waals surface area contributed by atoms with Crippen LogP contribution in [0.5, 0.6) is 0 Å². The van der Waals surface area contributed by atoms with Crippen LogP contribution in [0, 0.1) is 0 Å². The first-order valence-corrected chi connectivity index (χ1v) is 8.81. The van der Waals surface area contributed by atoms with Gasteiger partial charge in [0, 0.05) is 20.1 Å². The molecule has 4 heteroatoms. The van der Waals surface area contributed by atoms with Gasteiger partial charge in [0.15, 0.2) is 0 Å². The number of rotatable bonds is 2. The van der Waals surface area contributed by atoms with Crippen molar-refractivity contribution in [2.75, 3.05) is 0 Å². The van der Waals surface area contributed by atoms with Crippen LogP contribution in [0.15, 0.2) is 75.7 Å². The van der Waals surface area contributed by atoms with Gasteiger partial charge in [0.05, 0.1) is 11.0 Å². The Balaban J connectivity index is 2.02. The second-order valence-electron chi connectivity index (χ2n) is 5.26. The summed E-state index contributed by atoms with van der Waals surface area (Å²) < 4.78 is 2.02. The lowest BCUT2D eigenvalue weighted by molar-refractivity contribution is 1.34. The minimum absolute atomic E-state index is 0.878. The van der Waals surface area contributed by atoms with Crippen LogP contribution in [-0.4, -0.2) is 9.97 Å². The van der Waals surface area contributed by atoms with Crippen molar-refractivity contribution in [3.63, 3.8) is 0 Å². The largest absolute Gasteiger partial charge is 0.338 e. The van der Waals surface area contributed by atoms with Crippen LogP contribution in [0.25, 0.3) is 33.5 Å². The Morgan fingerprint density at radius 2 is 1.39 bits per heavy atom. The first-order chi connectivity index (χ1) is 11.2. The van der Waals surface area contributed by atoms with Crippen molar-refractivity contribution in [2.45, 2.75) is 0 Å². The van der Waals surface area contributed by atoms with Crippen LogP contribution < -0.4 is 0 Å². The molecule has 1 heterocycles. The van der Waals surface area contributed by atoms with Gasteiger partial charge in [-0.05, 0) is 43.5 Å². The number of hydrogen-bond acceptors (Lipinski definition) is 1. The predicted molar refractivity (Wildman–Crippen MR) is 102 cm³/mol. The number of imidazole rings is 1. The zero-order valence-corrected chi connectivity index (χ0v) is 15.2. The second kappa shape index (κ2) is 5.95. The lowest BCUT2D eigenvalue weighted by Gasteiger charge is -2.07. The van der Waals surface area contributed by atoms with Crippen LogP contribution in [-0.2, 0) is 0 Å². The lowest BCUT2D eigenvalue weighted by Crippen LogP contribution is -1.84. The van der Waals surface area contributed by atoms with Gasteiger partial charge in [-0.15, -0.1) is 0 Å². The first-order valence-electron chi connectivity index (χ1n) is 7.22. The Hall–Kier alpha value is -1.91. The molecule has 112 valence electrons. The number of nitrogens with zero attached hydrogens (tertiary/aromatic N) is 1. The quantitative estimate of drug-likeness (QED) is 0.392. The molecule has 0 aliphatic heterocycles. The summed E-state index contributed by atoms with van der Waals surface area (Å²) in [5.41, 5.74) is 5.28. The van der Waals surface area contributed by atoms with E-state index in [1.165, 1.54) is 0 Å². The maximum Gasteiger partial charge on any atom is 0.138 e. The molecular weight excluding hydrogens is 416 g/mol. The first kappa shape index (κ1) is 14.7. The monoisotopic (exact) mass is 426 g/mol. The molecule has 0 saturated heterocycles. The Kier molecular flexibility index (Phi) is 3.79. The number of aromatic amines is 1. The topological polar surface area (TPSA) is 28.7 Å². The number of aromatic nitrogens is 2. The van der Waals surface area contributed by atoms with E-state index in [4.69, 9.17) is 4.98 Å². The van der Waals surface area contributed by atoms with Gasteiger partial charge in [0.2, 0.25) is 0 Å². The molecule has 4 rings (SSSR count). The average molecular weight is 428 g/mol. The third-order valence-corrected chi connectivity index (χ3v) is 5.76. The highest BCUT2D eigenvalue weighted by atomic mass is 79.9. The van der Waals surface area contributed by atoms with Gasteiger partial charge in [-0.3, -0.25) is 0 Å². The zero-order chi connectivity index (χ0) is 15.8. The molecule has 0 unspecified atom stereocenters. The van der Waals surface area contributed by atoms with Gasteiger partial charge >= 0.3 is 0 Å². The van der Waals surface area contributed by atoms with Crippen LogP contribution in [0.1, 0.15) is 0 Å². The molecule has 4 aromatic rings. The van der Waals surface area contributed by atoms with Crippen LogP contribution >= 0.6 is 31.9 Å². The number of nitrogens with one attached hydrogen (secondary N) is 1. The van der Waals surface area contributed by atoms with Crippen molar-refractivity contribution in [1.82, 2.24) is 9.97 Å². The predicted octanol–water partition coefficient (Wildman–Crippen LogP) is 6.42. The van der Waals surface area contributed by atoms with Crippen molar-refractivity contribution in [3.05, 3.63) is 75.7 Å². The third kappa shape index (κ3) is 2.62. The fourth-order valence-corrected chi connectivity index (χ4v) is 3.65. The third-order valence-electron chi connectivity index (χ3n) is 3.78. The SMILES string of the molecule is Brc1cc2[nH]c(-c3ccccc3)nc2c(-c2ccccc2)c1Br. The van der Waals surface area contributed by atoms with E-state index in [1.807, 2.05) is 36.4 Å². The van der Waals surface area contributed by atoms with Crippen molar-refractivity contribution in [2.24, 2.45) is 0 Å². The number of hydrogen-bond donors (Lipinski definition) is 1. The summed E-state index contributed by atoms with van der Waals surface area (Å²) in [6, 6.07) is 22.5. The number of halogens is 2. The molecule has 2 nitrogen and oxygen atoms in total. The van der Waals surface area contributed by atoms with Crippen molar-refractivity contribution in [3.8, 4) is 22.5 Å². The Morgan fingerprint density at radius 1 is 0.783 bits per heavy atom. The maximum absolute atomic E-state index is 4.85. The summed E-state index contributed by atoms with van der Waals surface area (Å²) in [5, 5.41) is 0. The normalized spacial score (nSPS) is 11.0. The molecule has 0 radical (unpaired) electrons. The number of benzene rings is 3. The molecule has 0 spiro atoms. The zero-order valence-electron chi connectivity index (χ0n) is 12.1. The molecule has 1 N–H and O–H groups in total. The number of H-pyrrole nitrogens is 1. The van der Waals surface area contributed by atoms with E-state index in [9.17, 15) is 0 Å². The molecule has 0 saturated carbocycles. The molecule has 0 fully saturated rings. The summed E-state index contributed by atoms with van der Waals surface area (Å²) in [5.74, 6) is 0.878. The van der Waals surface area contributed by atoms with Crippen LogP contribution in [0.2, 0.25) is 0 Å². The van der Waals surface area contributed by atoms with Gasteiger partial charge in [-0.1, -0.05) is 60.7 Å². The highest BCUT2D eigenvalue weighted by Crippen LogP contribution is 2.40. The second-order valence-corrected chi connectivity index (χ2v) is 6.91. The van der Waals surface area contributed by atoms with Gasteiger partial charge in [-0.25, -0.2) is 4.98 Å². The van der Waals surface area contributed by atoms with E-state index in [2.05, 4.69) is 67.2 Å². The molecule has 3 aromatic carbocycles. The van der Waals surface area contributed by atoms with Crippen molar-refractivity contribution >= 4 is 42.9 Å². The summed E-state index contributed by atoms with van der Waals surface area (Å²) in [7, 11) is 0.